The number of hydrogen-bond acceptors (Lipinski definition) is 8. The molecule has 0 aromatic carbocycles. The molecule has 0 bridgehead atoms. The van der Waals surface area contributed by atoms with Gasteiger partial charge in [0.25, 0.3) is 0 Å². The first-order valence-corrected chi connectivity index (χ1v) is 9.05. The Morgan fingerprint density at radius 1 is 1.16 bits per heavy atom. The quantitative estimate of drug-likeness (QED) is 0.710. The van der Waals surface area contributed by atoms with E-state index in [1.807, 2.05) is 19.1 Å². The Balaban J connectivity index is 1.48. The van der Waals surface area contributed by atoms with Gasteiger partial charge in [-0.2, -0.15) is 4.98 Å². The van der Waals surface area contributed by atoms with Crippen LogP contribution in [0, 0.1) is 13.8 Å². The van der Waals surface area contributed by atoms with Crippen molar-refractivity contribution < 1.29 is 9.26 Å². The number of aromatic nitrogens is 4. The zero-order valence-corrected chi connectivity index (χ0v) is 15.0. The van der Waals surface area contributed by atoms with E-state index >= 15 is 0 Å². The highest BCUT2D eigenvalue weighted by atomic mass is 32.1. The number of rotatable bonds is 4. The van der Waals surface area contributed by atoms with Crippen molar-refractivity contribution in [3.05, 3.63) is 39.8 Å². The Hall–Kier alpha value is -2.32. The molecule has 3 aromatic heterocycles. The van der Waals surface area contributed by atoms with Gasteiger partial charge in [0.2, 0.25) is 11.7 Å². The van der Waals surface area contributed by atoms with Gasteiger partial charge in [0, 0.05) is 29.7 Å². The topological polar surface area (TPSA) is 77.2 Å². The van der Waals surface area contributed by atoms with Gasteiger partial charge in [0.1, 0.15) is 5.82 Å². The lowest BCUT2D eigenvalue weighted by atomic mass is 10.2. The zero-order valence-electron chi connectivity index (χ0n) is 14.2. The normalized spacial score (nSPS) is 14.9. The minimum atomic E-state index is 0.556. The summed E-state index contributed by atoms with van der Waals surface area (Å²) in [4.78, 5) is 16.9. The van der Waals surface area contributed by atoms with Gasteiger partial charge in [-0.25, -0.2) is 9.97 Å². The fourth-order valence-corrected chi connectivity index (χ4v) is 3.66. The fourth-order valence-electron chi connectivity index (χ4n) is 2.82. The Kier molecular flexibility index (Phi) is 4.46. The monoisotopic (exact) mass is 357 g/mol. The number of ether oxygens (including phenoxy) is 1. The van der Waals surface area contributed by atoms with Crippen LogP contribution in [0.2, 0.25) is 0 Å². The molecule has 1 aliphatic heterocycles. The van der Waals surface area contributed by atoms with Gasteiger partial charge in [-0.1, -0.05) is 5.16 Å². The molecule has 1 fully saturated rings. The SMILES string of the molecule is Cc1nc(Cc2nc(-c3ccc(N4CCOCC4)nc3)no2)c(C)s1. The summed E-state index contributed by atoms with van der Waals surface area (Å²) in [5, 5.41) is 5.13. The first-order valence-electron chi connectivity index (χ1n) is 8.23. The summed E-state index contributed by atoms with van der Waals surface area (Å²) in [6.45, 7) is 7.28. The molecule has 7 nitrogen and oxygen atoms in total. The van der Waals surface area contributed by atoms with Crippen LogP contribution in [0.15, 0.2) is 22.9 Å². The molecule has 1 saturated heterocycles. The lowest BCUT2D eigenvalue weighted by molar-refractivity contribution is 0.122. The number of pyridine rings is 1. The molecule has 0 atom stereocenters. The van der Waals surface area contributed by atoms with Crippen LogP contribution in [0.3, 0.4) is 0 Å². The average Bonchev–Trinajstić information content (AvgIpc) is 3.22. The molecule has 4 rings (SSSR count). The molecule has 0 unspecified atom stereocenters. The number of hydrogen-bond donors (Lipinski definition) is 0. The van der Waals surface area contributed by atoms with E-state index in [2.05, 4.69) is 31.9 Å². The van der Waals surface area contributed by atoms with E-state index in [0.29, 0.717) is 18.1 Å². The van der Waals surface area contributed by atoms with E-state index in [4.69, 9.17) is 9.26 Å². The summed E-state index contributed by atoms with van der Waals surface area (Å²) in [5.74, 6) is 2.07. The second kappa shape index (κ2) is 6.89. The predicted octanol–water partition coefficient (Wildman–Crippen LogP) is 2.63. The van der Waals surface area contributed by atoms with E-state index in [1.54, 1.807) is 17.5 Å². The van der Waals surface area contributed by atoms with Crippen LogP contribution < -0.4 is 4.90 Å². The van der Waals surface area contributed by atoms with E-state index in [0.717, 1.165) is 48.4 Å². The summed E-state index contributed by atoms with van der Waals surface area (Å²) in [6.07, 6.45) is 2.35. The van der Waals surface area contributed by atoms with Crippen molar-refractivity contribution in [2.24, 2.45) is 0 Å². The highest BCUT2D eigenvalue weighted by Crippen LogP contribution is 2.22. The summed E-state index contributed by atoms with van der Waals surface area (Å²) < 4.78 is 10.8. The highest BCUT2D eigenvalue weighted by Gasteiger charge is 2.15. The minimum absolute atomic E-state index is 0.556. The van der Waals surface area contributed by atoms with Gasteiger partial charge in [0.05, 0.1) is 30.3 Å². The Morgan fingerprint density at radius 3 is 2.68 bits per heavy atom. The van der Waals surface area contributed by atoms with Crippen LogP contribution in [0.1, 0.15) is 21.5 Å². The number of thiazole rings is 1. The maximum atomic E-state index is 5.38. The van der Waals surface area contributed by atoms with Crippen molar-refractivity contribution in [2.75, 3.05) is 31.2 Å². The van der Waals surface area contributed by atoms with Crippen LogP contribution >= 0.6 is 11.3 Å². The maximum absolute atomic E-state index is 5.38. The van der Waals surface area contributed by atoms with Crippen LogP contribution in [0.5, 0.6) is 0 Å². The largest absolute Gasteiger partial charge is 0.378 e. The fraction of sp³-hybridized carbons (Fsp3) is 0.412. The van der Waals surface area contributed by atoms with Crippen molar-refractivity contribution in [1.29, 1.82) is 0 Å². The summed E-state index contributed by atoms with van der Waals surface area (Å²) in [5.41, 5.74) is 1.84. The van der Waals surface area contributed by atoms with Crippen molar-refractivity contribution in [1.82, 2.24) is 20.1 Å². The second-order valence-electron chi connectivity index (χ2n) is 5.93. The minimum Gasteiger partial charge on any atom is -0.378 e. The first-order chi connectivity index (χ1) is 12.2. The maximum Gasteiger partial charge on any atom is 0.233 e. The van der Waals surface area contributed by atoms with Gasteiger partial charge in [0.15, 0.2) is 0 Å². The third kappa shape index (κ3) is 3.54. The van der Waals surface area contributed by atoms with Crippen LogP contribution in [-0.4, -0.2) is 46.4 Å². The van der Waals surface area contributed by atoms with E-state index in [-0.39, 0.29) is 0 Å². The van der Waals surface area contributed by atoms with Gasteiger partial charge < -0.3 is 14.2 Å². The third-order valence-electron chi connectivity index (χ3n) is 4.13. The smallest absolute Gasteiger partial charge is 0.233 e. The third-order valence-corrected chi connectivity index (χ3v) is 5.06. The van der Waals surface area contributed by atoms with E-state index in [9.17, 15) is 0 Å². The highest BCUT2D eigenvalue weighted by molar-refractivity contribution is 7.11. The van der Waals surface area contributed by atoms with Crippen molar-refractivity contribution in [2.45, 2.75) is 20.3 Å². The van der Waals surface area contributed by atoms with Crippen molar-refractivity contribution in [3.8, 4) is 11.4 Å². The molecule has 1 aliphatic rings. The molecule has 0 aliphatic carbocycles. The standard InChI is InChI=1S/C17H19N5O2S/c1-11-14(19-12(2)25-11)9-16-20-17(21-24-16)13-3-4-15(18-10-13)22-5-7-23-8-6-22/h3-4,10H,5-9H2,1-2H3. The van der Waals surface area contributed by atoms with Crippen LogP contribution in [0.4, 0.5) is 5.82 Å². The Bertz CT molecular complexity index is 852. The molecule has 0 saturated carbocycles. The molecule has 8 heteroatoms. The first kappa shape index (κ1) is 16.2. The molecule has 3 aromatic rings. The van der Waals surface area contributed by atoms with Crippen molar-refractivity contribution >= 4 is 17.2 Å². The molecular formula is C17H19N5O2S. The number of anilines is 1. The van der Waals surface area contributed by atoms with Gasteiger partial charge in [-0.05, 0) is 26.0 Å². The number of aryl methyl sites for hydroxylation is 2. The Morgan fingerprint density at radius 2 is 2.00 bits per heavy atom. The van der Waals surface area contributed by atoms with Gasteiger partial charge in [-0.3, -0.25) is 0 Å². The lowest BCUT2D eigenvalue weighted by Crippen LogP contribution is -2.36. The molecule has 25 heavy (non-hydrogen) atoms. The number of nitrogens with zero attached hydrogens (tertiary/aromatic N) is 5. The predicted molar refractivity (Wildman–Crippen MR) is 95.0 cm³/mol. The Labute approximate surface area is 149 Å². The molecular weight excluding hydrogens is 338 g/mol. The molecule has 130 valence electrons. The van der Waals surface area contributed by atoms with Gasteiger partial charge >= 0.3 is 0 Å². The molecule has 0 amide bonds. The summed E-state index contributed by atoms with van der Waals surface area (Å²) in [6, 6.07) is 3.97. The summed E-state index contributed by atoms with van der Waals surface area (Å²) >= 11 is 1.68. The molecule has 4 heterocycles. The average molecular weight is 357 g/mol. The van der Waals surface area contributed by atoms with E-state index in [1.165, 1.54) is 4.88 Å². The second-order valence-corrected chi connectivity index (χ2v) is 7.34. The van der Waals surface area contributed by atoms with Crippen LogP contribution in [-0.2, 0) is 11.2 Å². The molecule has 0 N–H and O–H groups in total. The lowest BCUT2D eigenvalue weighted by Gasteiger charge is -2.27. The van der Waals surface area contributed by atoms with Crippen molar-refractivity contribution in [3.63, 3.8) is 0 Å². The van der Waals surface area contributed by atoms with E-state index < -0.39 is 0 Å². The molecule has 0 radical (unpaired) electrons. The molecule has 0 spiro atoms. The van der Waals surface area contributed by atoms with Crippen LogP contribution in [0.25, 0.3) is 11.4 Å². The summed E-state index contributed by atoms with van der Waals surface area (Å²) in [7, 11) is 0. The zero-order chi connectivity index (χ0) is 17.2. The number of morpholine rings is 1. The van der Waals surface area contributed by atoms with Gasteiger partial charge in [-0.15, -0.1) is 11.3 Å².